The summed E-state index contributed by atoms with van der Waals surface area (Å²) in [5.41, 5.74) is 3.03. The van der Waals surface area contributed by atoms with E-state index in [0.29, 0.717) is 17.8 Å². The maximum absolute atomic E-state index is 8.95. The van der Waals surface area contributed by atoms with Gasteiger partial charge in [0.15, 0.2) is 5.82 Å². The lowest BCUT2D eigenvalue weighted by atomic mass is 10.1. The van der Waals surface area contributed by atoms with Gasteiger partial charge < -0.3 is 0 Å². The van der Waals surface area contributed by atoms with Gasteiger partial charge in [-0.3, -0.25) is 0 Å². The lowest BCUT2D eigenvalue weighted by Gasteiger charge is -2.00. The number of nitriles is 1. The molecule has 114 valence electrons. The maximum Gasteiger partial charge on any atom is 0.155 e. The first kappa shape index (κ1) is 16.1. The van der Waals surface area contributed by atoms with Crippen LogP contribution in [0.2, 0.25) is 0 Å². The van der Waals surface area contributed by atoms with E-state index in [0.717, 1.165) is 16.6 Å². The second-order valence-corrected chi connectivity index (χ2v) is 4.85. The first-order valence-corrected chi connectivity index (χ1v) is 7.08. The molecular formula is C18H17N5. The van der Waals surface area contributed by atoms with Crippen LogP contribution in [-0.2, 0) is 0 Å². The van der Waals surface area contributed by atoms with Crippen molar-refractivity contribution in [1.82, 2.24) is 15.0 Å². The molecule has 1 aromatic heterocycles. The predicted octanol–water partition coefficient (Wildman–Crippen LogP) is 3.90. The van der Waals surface area contributed by atoms with Gasteiger partial charge in [0.25, 0.3) is 0 Å². The first-order chi connectivity index (χ1) is 11.2. The fourth-order valence-corrected chi connectivity index (χ4v) is 1.96. The summed E-state index contributed by atoms with van der Waals surface area (Å²) in [5, 5.41) is 17.1. The van der Waals surface area contributed by atoms with E-state index in [4.69, 9.17) is 5.26 Å². The Labute approximate surface area is 135 Å². The highest BCUT2D eigenvalue weighted by Gasteiger charge is 2.05. The van der Waals surface area contributed by atoms with Crippen molar-refractivity contribution in [3.8, 4) is 6.07 Å². The van der Waals surface area contributed by atoms with E-state index >= 15 is 0 Å². The van der Waals surface area contributed by atoms with E-state index < -0.39 is 0 Å². The first-order valence-electron chi connectivity index (χ1n) is 7.08. The van der Waals surface area contributed by atoms with Crippen molar-refractivity contribution in [1.29, 1.82) is 5.26 Å². The Morgan fingerprint density at radius 2 is 2.22 bits per heavy atom. The Bertz CT molecular complexity index is 859. The van der Waals surface area contributed by atoms with Crippen LogP contribution in [-0.4, -0.2) is 21.7 Å². The standard InChI is InChI=1S/C18H17N5/c1-14(2)15(13-19)9-5-4-6-12-18(20-3)23-17-11-8-7-10-16(17)21-22-23/h4,6-12H,1,3,5H2,2H3/b6-4-,15-9+,18-12+. The third-order valence-electron chi connectivity index (χ3n) is 3.15. The largest absolute Gasteiger partial charge is 0.245 e. The number of fused-ring (bicyclic) bond motifs is 1. The minimum absolute atomic E-state index is 0.583. The molecule has 0 spiro atoms. The molecule has 0 unspecified atom stereocenters. The summed E-state index contributed by atoms with van der Waals surface area (Å²) in [6, 6.07) is 9.76. The summed E-state index contributed by atoms with van der Waals surface area (Å²) in [6.45, 7) is 9.15. The van der Waals surface area contributed by atoms with Gasteiger partial charge in [-0.15, -0.1) is 5.10 Å². The Kier molecular flexibility index (Phi) is 5.37. The second kappa shape index (κ2) is 7.66. The van der Waals surface area contributed by atoms with Crippen molar-refractivity contribution in [2.45, 2.75) is 13.3 Å². The number of aromatic nitrogens is 3. The van der Waals surface area contributed by atoms with Crippen LogP contribution >= 0.6 is 0 Å². The maximum atomic E-state index is 8.95. The predicted molar refractivity (Wildman–Crippen MR) is 93.6 cm³/mol. The minimum Gasteiger partial charge on any atom is -0.245 e. The molecule has 0 radical (unpaired) electrons. The van der Waals surface area contributed by atoms with Crippen LogP contribution in [0.25, 0.3) is 16.9 Å². The number of hydrogen-bond donors (Lipinski definition) is 0. The van der Waals surface area contributed by atoms with E-state index in [-0.39, 0.29) is 0 Å². The van der Waals surface area contributed by atoms with Gasteiger partial charge in [0, 0.05) is 0 Å². The van der Waals surface area contributed by atoms with Gasteiger partial charge in [0.2, 0.25) is 0 Å². The van der Waals surface area contributed by atoms with E-state index in [9.17, 15) is 0 Å². The molecule has 0 saturated heterocycles. The third kappa shape index (κ3) is 3.89. The second-order valence-electron chi connectivity index (χ2n) is 4.85. The average Bonchev–Trinajstić information content (AvgIpc) is 2.98. The van der Waals surface area contributed by atoms with Crippen molar-refractivity contribution >= 4 is 23.6 Å². The molecule has 1 aromatic carbocycles. The summed E-state index contributed by atoms with van der Waals surface area (Å²) in [6.07, 6.45) is 8.04. The van der Waals surface area contributed by atoms with E-state index in [1.54, 1.807) is 10.8 Å². The number of rotatable bonds is 6. The molecule has 1 heterocycles. The molecule has 0 amide bonds. The van der Waals surface area contributed by atoms with Crippen LogP contribution in [0.3, 0.4) is 0 Å². The van der Waals surface area contributed by atoms with Crippen LogP contribution in [0.5, 0.6) is 0 Å². The molecule has 23 heavy (non-hydrogen) atoms. The zero-order valence-electron chi connectivity index (χ0n) is 13.0. The van der Waals surface area contributed by atoms with Crippen molar-refractivity contribution in [3.05, 3.63) is 66.3 Å². The number of allylic oxidation sites excluding steroid dienone is 6. The Morgan fingerprint density at radius 3 is 2.91 bits per heavy atom. The summed E-state index contributed by atoms with van der Waals surface area (Å²) in [4.78, 5) is 4.00. The highest BCUT2D eigenvalue weighted by atomic mass is 15.5. The van der Waals surface area contributed by atoms with Crippen molar-refractivity contribution in [3.63, 3.8) is 0 Å². The molecule has 2 rings (SSSR count). The normalized spacial score (nSPS) is 12.5. The van der Waals surface area contributed by atoms with Gasteiger partial charge in [-0.05, 0) is 43.8 Å². The SMILES string of the molecule is C=N/C(=C\C=C/C/C=C(\C#N)C(=C)C)n1nnc2ccccc21. The highest BCUT2D eigenvalue weighted by molar-refractivity contribution is 5.78. The Hall–Kier alpha value is -3.26. The third-order valence-corrected chi connectivity index (χ3v) is 3.15. The molecule has 0 aliphatic carbocycles. The molecular weight excluding hydrogens is 286 g/mol. The summed E-state index contributed by atoms with van der Waals surface area (Å²) < 4.78 is 1.64. The Morgan fingerprint density at radius 1 is 1.43 bits per heavy atom. The minimum atomic E-state index is 0.583. The number of aliphatic imine (C=N–C) groups is 1. The molecule has 2 aromatic rings. The summed E-state index contributed by atoms with van der Waals surface area (Å²) >= 11 is 0. The van der Waals surface area contributed by atoms with Crippen LogP contribution < -0.4 is 0 Å². The van der Waals surface area contributed by atoms with E-state index in [2.05, 4.69) is 34.7 Å². The zero-order valence-corrected chi connectivity index (χ0v) is 13.0. The fraction of sp³-hybridized carbons (Fsp3) is 0.111. The topological polar surface area (TPSA) is 66.9 Å². The fourth-order valence-electron chi connectivity index (χ4n) is 1.96. The van der Waals surface area contributed by atoms with Crippen LogP contribution in [0.15, 0.2) is 71.3 Å². The van der Waals surface area contributed by atoms with E-state index in [1.807, 2.05) is 49.4 Å². The molecule has 5 nitrogen and oxygen atoms in total. The molecule has 0 saturated carbocycles. The smallest absolute Gasteiger partial charge is 0.155 e. The number of nitrogens with zero attached hydrogens (tertiary/aromatic N) is 5. The van der Waals surface area contributed by atoms with Crippen LogP contribution in [0.4, 0.5) is 0 Å². The van der Waals surface area contributed by atoms with Gasteiger partial charge in [-0.1, -0.05) is 42.2 Å². The van der Waals surface area contributed by atoms with Crippen LogP contribution in [0.1, 0.15) is 13.3 Å². The van der Waals surface area contributed by atoms with E-state index in [1.165, 1.54) is 0 Å². The van der Waals surface area contributed by atoms with Gasteiger partial charge in [0.05, 0.1) is 17.2 Å². The average molecular weight is 303 g/mol. The molecule has 0 aliphatic heterocycles. The summed E-state index contributed by atoms with van der Waals surface area (Å²) in [7, 11) is 0. The number of benzene rings is 1. The molecule has 0 fully saturated rings. The van der Waals surface area contributed by atoms with Gasteiger partial charge in [0.1, 0.15) is 5.52 Å². The van der Waals surface area contributed by atoms with Crippen molar-refractivity contribution in [2.75, 3.05) is 0 Å². The number of hydrogen-bond acceptors (Lipinski definition) is 4. The highest BCUT2D eigenvalue weighted by Crippen LogP contribution is 2.15. The quantitative estimate of drug-likeness (QED) is 0.461. The molecule has 0 N–H and O–H groups in total. The lowest BCUT2D eigenvalue weighted by Crippen LogP contribution is -1.96. The molecule has 0 aliphatic rings. The molecule has 0 atom stereocenters. The van der Waals surface area contributed by atoms with Crippen molar-refractivity contribution in [2.24, 2.45) is 4.99 Å². The zero-order chi connectivity index (χ0) is 16.7. The molecule has 0 bridgehead atoms. The van der Waals surface area contributed by atoms with Crippen LogP contribution in [0, 0.1) is 11.3 Å². The Balaban J connectivity index is 2.17. The molecule has 5 heteroatoms. The lowest BCUT2D eigenvalue weighted by molar-refractivity contribution is 0.831. The van der Waals surface area contributed by atoms with Gasteiger partial charge in [-0.25, -0.2) is 4.99 Å². The number of para-hydroxylation sites is 1. The summed E-state index contributed by atoms with van der Waals surface area (Å²) in [5.74, 6) is 0.583. The van der Waals surface area contributed by atoms with Gasteiger partial charge in [-0.2, -0.15) is 9.94 Å². The monoisotopic (exact) mass is 303 g/mol. The van der Waals surface area contributed by atoms with Crippen molar-refractivity contribution < 1.29 is 0 Å². The van der Waals surface area contributed by atoms with Gasteiger partial charge >= 0.3 is 0 Å².